The zero-order valence-electron chi connectivity index (χ0n) is 21.2. The lowest BCUT2D eigenvalue weighted by Crippen LogP contribution is -2.59. The summed E-state index contributed by atoms with van der Waals surface area (Å²) >= 11 is 0. The Morgan fingerprint density at radius 3 is 1.88 bits per heavy atom. The molecular formula is C29H40N2O2. The first-order valence-electron chi connectivity index (χ1n) is 12.2. The maximum atomic E-state index is 13.6. The molecule has 0 aromatic heterocycles. The first-order valence-corrected chi connectivity index (χ1v) is 12.2. The number of rotatable bonds is 5. The quantitative estimate of drug-likeness (QED) is 0.587. The molecule has 33 heavy (non-hydrogen) atoms. The van der Waals surface area contributed by atoms with E-state index in [0.717, 1.165) is 36.0 Å². The number of hydrogen-bond acceptors (Lipinski definition) is 2. The summed E-state index contributed by atoms with van der Waals surface area (Å²) in [5, 5.41) is 6.28. The van der Waals surface area contributed by atoms with Crippen LogP contribution in [0.15, 0.2) is 48.5 Å². The van der Waals surface area contributed by atoms with Gasteiger partial charge >= 0.3 is 0 Å². The van der Waals surface area contributed by atoms with Crippen molar-refractivity contribution in [3.8, 4) is 0 Å². The minimum Gasteiger partial charge on any atom is -0.350 e. The molecule has 0 radical (unpaired) electrons. The van der Waals surface area contributed by atoms with E-state index in [4.69, 9.17) is 0 Å². The molecule has 178 valence electrons. The van der Waals surface area contributed by atoms with Crippen LogP contribution >= 0.6 is 0 Å². The van der Waals surface area contributed by atoms with Crippen molar-refractivity contribution in [2.24, 2.45) is 0 Å². The van der Waals surface area contributed by atoms with Gasteiger partial charge in [-0.3, -0.25) is 9.59 Å². The highest BCUT2D eigenvalue weighted by Gasteiger charge is 2.41. The van der Waals surface area contributed by atoms with Crippen LogP contribution in [0.5, 0.6) is 0 Å². The Morgan fingerprint density at radius 1 is 0.818 bits per heavy atom. The molecule has 0 bridgehead atoms. The molecule has 2 aromatic carbocycles. The zero-order valence-corrected chi connectivity index (χ0v) is 21.2. The highest BCUT2D eigenvalue weighted by molar-refractivity contribution is 5.99. The molecule has 0 saturated heterocycles. The van der Waals surface area contributed by atoms with E-state index in [1.165, 1.54) is 0 Å². The van der Waals surface area contributed by atoms with Crippen LogP contribution in [0.3, 0.4) is 0 Å². The van der Waals surface area contributed by atoms with Gasteiger partial charge in [0.05, 0.1) is 0 Å². The molecule has 0 heterocycles. The summed E-state index contributed by atoms with van der Waals surface area (Å²) in [6.45, 7) is 13.4. The lowest BCUT2D eigenvalue weighted by atomic mass is 9.78. The Hall–Kier alpha value is -2.62. The molecule has 1 fully saturated rings. The molecule has 4 heteroatoms. The average Bonchev–Trinajstić information content (AvgIpc) is 2.77. The molecule has 0 spiro atoms. The third-order valence-electron chi connectivity index (χ3n) is 6.72. The first-order chi connectivity index (χ1) is 15.4. The van der Waals surface area contributed by atoms with Crippen LogP contribution in [0.4, 0.5) is 0 Å². The smallest absolute Gasteiger partial charge is 0.252 e. The molecule has 0 aliphatic heterocycles. The number of hydrogen-bond donors (Lipinski definition) is 2. The highest BCUT2D eigenvalue weighted by atomic mass is 16.2. The normalized spacial score (nSPS) is 16.2. The standard InChI is InChI=1S/C29H40N2O2/c1-27(2,3)23-17-22(18-24(19-23)28(4,5)6)25(32)31-29(15-11-8-12-16-29)26(33)30-20-21-13-9-7-10-14-21/h7,9-10,13-14,17-19H,8,11-12,15-16,20H2,1-6H3,(H,30,33)(H,31,32). The second-order valence-electron chi connectivity index (χ2n) is 11.6. The molecular weight excluding hydrogens is 408 g/mol. The number of benzene rings is 2. The van der Waals surface area contributed by atoms with Crippen molar-refractivity contribution in [3.63, 3.8) is 0 Å². The van der Waals surface area contributed by atoms with Crippen LogP contribution in [0.1, 0.15) is 101 Å². The van der Waals surface area contributed by atoms with E-state index in [9.17, 15) is 9.59 Å². The first kappa shape index (κ1) is 25.0. The molecule has 2 aromatic rings. The van der Waals surface area contributed by atoms with Crippen molar-refractivity contribution in [1.29, 1.82) is 0 Å². The van der Waals surface area contributed by atoms with Crippen molar-refractivity contribution < 1.29 is 9.59 Å². The largest absolute Gasteiger partial charge is 0.350 e. The van der Waals surface area contributed by atoms with Gasteiger partial charge in [-0.15, -0.1) is 0 Å². The highest BCUT2D eigenvalue weighted by Crippen LogP contribution is 2.32. The van der Waals surface area contributed by atoms with Crippen LogP contribution in [0, 0.1) is 0 Å². The number of carbonyl (C=O) groups excluding carboxylic acids is 2. The van der Waals surface area contributed by atoms with E-state index in [1.807, 2.05) is 42.5 Å². The third kappa shape index (κ3) is 6.25. The summed E-state index contributed by atoms with van der Waals surface area (Å²) in [5.74, 6) is -0.245. The fraction of sp³-hybridized carbons (Fsp3) is 0.517. The molecule has 2 N–H and O–H groups in total. The maximum absolute atomic E-state index is 13.6. The molecule has 4 nitrogen and oxygen atoms in total. The van der Waals surface area contributed by atoms with E-state index < -0.39 is 5.54 Å². The van der Waals surface area contributed by atoms with Gasteiger partial charge in [0.1, 0.15) is 5.54 Å². The van der Waals surface area contributed by atoms with Gasteiger partial charge in [0, 0.05) is 12.1 Å². The summed E-state index contributed by atoms with van der Waals surface area (Å²) in [7, 11) is 0. The van der Waals surface area contributed by atoms with Gasteiger partial charge in [0.25, 0.3) is 5.91 Å². The van der Waals surface area contributed by atoms with Gasteiger partial charge in [0.15, 0.2) is 0 Å². The Labute approximate surface area is 199 Å². The van der Waals surface area contributed by atoms with Gasteiger partial charge < -0.3 is 10.6 Å². The minimum absolute atomic E-state index is 0.0775. The van der Waals surface area contributed by atoms with Crippen LogP contribution in [0.25, 0.3) is 0 Å². The fourth-order valence-electron chi connectivity index (χ4n) is 4.43. The van der Waals surface area contributed by atoms with Crippen LogP contribution in [-0.2, 0) is 22.2 Å². The average molecular weight is 449 g/mol. The topological polar surface area (TPSA) is 58.2 Å². The molecule has 1 saturated carbocycles. The van der Waals surface area contributed by atoms with Crippen molar-refractivity contribution in [2.75, 3.05) is 0 Å². The van der Waals surface area contributed by atoms with Crippen LogP contribution in [-0.4, -0.2) is 17.4 Å². The van der Waals surface area contributed by atoms with Gasteiger partial charge in [-0.2, -0.15) is 0 Å². The van der Waals surface area contributed by atoms with E-state index in [0.29, 0.717) is 24.9 Å². The Balaban J connectivity index is 1.87. The molecule has 1 aliphatic carbocycles. The van der Waals surface area contributed by atoms with E-state index in [-0.39, 0.29) is 22.6 Å². The lowest BCUT2D eigenvalue weighted by molar-refractivity contribution is -0.128. The van der Waals surface area contributed by atoms with Gasteiger partial charge in [-0.25, -0.2) is 0 Å². The summed E-state index contributed by atoms with van der Waals surface area (Å²) in [6.07, 6.45) is 4.31. The summed E-state index contributed by atoms with van der Waals surface area (Å²) in [6, 6.07) is 16.1. The van der Waals surface area contributed by atoms with E-state index in [2.05, 4.69) is 58.2 Å². The van der Waals surface area contributed by atoms with E-state index >= 15 is 0 Å². The van der Waals surface area contributed by atoms with Gasteiger partial charge in [-0.1, -0.05) is 97.2 Å². The Morgan fingerprint density at radius 2 is 1.36 bits per heavy atom. The second-order valence-corrected chi connectivity index (χ2v) is 11.6. The van der Waals surface area contributed by atoms with Gasteiger partial charge in [-0.05, 0) is 52.5 Å². The molecule has 1 aliphatic rings. The molecule has 0 unspecified atom stereocenters. The monoisotopic (exact) mass is 448 g/mol. The van der Waals surface area contributed by atoms with Crippen molar-refractivity contribution in [2.45, 2.75) is 96.6 Å². The summed E-state index contributed by atoms with van der Waals surface area (Å²) in [4.78, 5) is 27.0. The predicted octanol–water partition coefficient (Wildman–Crippen LogP) is 6.03. The minimum atomic E-state index is -0.857. The fourth-order valence-corrected chi connectivity index (χ4v) is 4.43. The molecule has 2 amide bonds. The summed E-state index contributed by atoms with van der Waals surface area (Å²) in [5.41, 5.74) is 2.93. The summed E-state index contributed by atoms with van der Waals surface area (Å²) < 4.78 is 0. The van der Waals surface area contributed by atoms with Gasteiger partial charge in [0.2, 0.25) is 5.91 Å². The van der Waals surface area contributed by atoms with Crippen molar-refractivity contribution >= 4 is 11.8 Å². The predicted molar refractivity (Wildman–Crippen MR) is 135 cm³/mol. The maximum Gasteiger partial charge on any atom is 0.252 e. The number of amides is 2. The Kier molecular flexibility index (Phi) is 7.36. The second kappa shape index (κ2) is 9.70. The third-order valence-corrected chi connectivity index (χ3v) is 6.72. The Bertz CT molecular complexity index is 943. The number of carbonyl (C=O) groups is 2. The SMILES string of the molecule is CC(C)(C)c1cc(C(=O)NC2(C(=O)NCc3ccccc3)CCCCC2)cc(C(C)(C)C)c1. The zero-order chi connectivity index (χ0) is 24.3. The van der Waals surface area contributed by atoms with Crippen LogP contribution in [0.2, 0.25) is 0 Å². The molecule has 0 atom stereocenters. The van der Waals surface area contributed by atoms with E-state index in [1.54, 1.807) is 0 Å². The molecule has 3 rings (SSSR count). The van der Waals surface area contributed by atoms with Crippen LogP contribution < -0.4 is 10.6 Å². The lowest BCUT2D eigenvalue weighted by Gasteiger charge is -2.37. The van der Waals surface area contributed by atoms with Crippen molar-refractivity contribution in [3.05, 3.63) is 70.8 Å². The number of nitrogens with one attached hydrogen (secondary N) is 2. The van der Waals surface area contributed by atoms with Crippen molar-refractivity contribution in [1.82, 2.24) is 10.6 Å².